The quantitative estimate of drug-likeness (QED) is 0.349. The second-order valence-electron chi connectivity index (χ2n) is 6.58. The van der Waals surface area contributed by atoms with Crippen molar-refractivity contribution < 1.29 is 9.84 Å². The fourth-order valence-electron chi connectivity index (χ4n) is 2.16. The monoisotopic (exact) mass is 335 g/mol. The summed E-state index contributed by atoms with van der Waals surface area (Å²) in [7, 11) is 0. The van der Waals surface area contributed by atoms with E-state index in [1.54, 1.807) is 6.92 Å². The largest absolute Gasteiger partial charge is 0.384 e. The maximum absolute atomic E-state index is 10.6. The van der Waals surface area contributed by atoms with Gasteiger partial charge in [-0.05, 0) is 31.7 Å². The van der Waals surface area contributed by atoms with E-state index in [1.807, 2.05) is 37.3 Å². The average molecular weight is 335 g/mol. The summed E-state index contributed by atoms with van der Waals surface area (Å²) in [5, 5.41) is 17.1. The lowest BCUT2D eigenvalue weighted by Crippen LogP contribution is -2.39. The molecule has 1 rings (SSSR count). The number of benzene rings is 1. The molecule has 0 spiro atoms. The van der Waals surface area contributed by atoms with Crippen molar-refractivity contribution in [1.29, 1.82) is 0 Å². The fraction of sp³-hybridized carbons (Fsp3) is 0.632. The van der Waals surface area contributed by atoms with Gasteiger partial charge in [-0.25, -0.2) is 4.99 Å². The molecule has 0 heterocycles. The first-order valence-electron chi connectivity index (χ1n) is 8.83. The van der Waals surface area contributed by atoms with Gasteiger partial charge in [0.15, 0.2) is 5.96 Å². The zero-order chi connectivity index (χ0) is 17.8. The Hall–Kier alpha value is -1.59. The van der Waals surface area contributed by atoms with Crippen molar-refractivity contribution in [3.8, 4) is 0 Å². The molecule has 0 radical (unpaired) electrons. The molecule has 5 nitrogen and oxygen atoms in total. The van der Waals surface area contributed by atoms with Gasteiger partial charge in [0, 0.05) is 26.3 Å². The first kappa shape index (κ1) is 20.5. The number of hydrogen-bond donors (Lipinski definition) is 3. The Labute approximate surface area is 146 Å². The number of nitrogens with one attached hydrogen (secondary N) is 2. The topological polar surface area (TPSA) is 65.9 Å². The second kappa shape index (κ2) is 11.0. The SMILES string of the molecule is CCNC(=NCC(C)(O)c1ccccc1)NCCCOCC(C)C. The van der Waals surface area contributed by atoms with Gasteiger partial charge in [-0.2, -0.15) is 0 Å². The highest BCUT2D eigenvalue weighted by Crippen LogP contribution is 2.20. The number of aliphatic imine (C=N–C) groups is 1. The minimum atomic E-state index is -0.982. The lowest BCUT2D eigenvalue weighted by Gasteiger charge is -2.22. The van der Waals surface area contributed by atoms with Crippen LogP contribution < -0.4 is 10.6 Å². The molecule has 1 unspecified atom stereocenters. The molecular formula is C19H33N3O2. The van der Waals surface area contributed by atoms with E-state index >= 15 is 0 Å². The van der Waals surface area contributed by atoms with Gasteiger partial charge in [-0.1, -0.05) is 44.2 Å². The molecule has 0 aromatic heterocycles. The summed E-state index contributed by atoms with van der Waals surface area (Å²) in [6, 6.07) is 9.63. The van der Waals surface area contributed by atoms with Crippen molar-refractivity contribution in [3.63, 3.8) is 0 Å². The van der Waals surface area contributed by atoms with E-state index in [0.29, 0.717) is 12.5 Å². The lowest BCUT2D eigenvalue weighted by molar-refractivity contribution is 0.0672. The molecule has 0 aliphatic rings. The molecule has 0 aliphatic heterocycles. The third kappa shape index (κ3) is 8.31. The van der Waals surface area contributed by atoms with Gasteiger partial charge < -0.3 is 20.5 Å². The standard InChI is InChI=1S/C19H33N3O2/c1-5-20-18(21-12-9-13-24-14-16(2)3)22-15-19(4,23)17-10-7-6-8-11-17/h6-8,10-11,16,23H,5,9,12-15H2,1-4H3,(H2,20,21,22). The van der Waals surface area contributed by atoms with Gasteiger partial charge >= 0.3 is 0 Å². The van der Waals surface area contributed by atoms with Crippen molar-refractivity contribution in [2.75, 3.05) is 32.8 Å². The molecule has 24 heavy (non-hydrogen) atoms. The smallest absolute Gasteiger partial charge is 0.191 e. The maximum Gasteiger partial charge on any atom is 0.191 e. The summed E-state index contributed by atoms with van der Waals surface area (Å²) in [4.78, 5) is 4.51. The summed E-state index contributed by atoms with van der Waals surface area (Å²) in [5.41, 5.74) is -0.115. The molecule has 5 heteroatoms. The first-order valence-corrected chi connectivity index (χ1v) is 8.83. The molecule has 3 N–H and O–H groups in total. The summed E-state index contributed by atoms with van der Waals surface area (Å²) in [6.45, 7) is 11.5. The number of hydrogen-bond acceptors (Lipinski definition) is 3. The zero-order valence-corrected chi connectivity index (χ0v) is 15.5. The van der Waals surface area contributed by atoms with E-state index in [1.165, 1.54) is 0 Å². The highest BCUT2D eigenvalue weighted by Gasteiger charge is 2.22. The van der Waals surface area contributed by atoms with Crippen LogP contribution in [0.1, 0.15) is 39.7 Å². The number of aliphatic hydroxyl groups is 1. The van der Waals surface area contributed by atoms with Crippen molar-refractivity contribution in [3.05, 3.63) is 35.9 Å². The van der Waals surface area contributed by atoms with E-state index in [2.05, 4.69) is 29.5 Å². The molecule has 0 saturated heterocycles. The minimum Gasteiger partial charge on any atom is -0.384 e. The number of guanidine groups is 1. The predicted molar refractivity (Wildman–Crippen MR) is 100 cm³/mol. The van der Waals surface area contributed by atoms with Crippen LogP contribution in [0.4, 0.5) is 0 Å². The third-order valence-corrected chi connectivity index (χ3v) is 3.49. The maximum atomic E-state index is 10.6. The summed E-state index contributed by atoms with van der Waals surface area (Å²) < 4.78 is 5.57. The van der Waals surface area contributed by atoms with Crippen LogP contribution in [0.3, 0.4) is 0 Å². The molecule has 1 aromatic carbocycles. The molecule has 0 amide bonds. The van der Waals surface area contributed by atoms with E-state index in [-0.39, 0.29) is 0 Å². The van der Waals surface area contributed by atoms with Gasteiger partial charge in [0.1, 0.15) is 5.60 Å². The Morgan fingerprint density at radius 2 is 1.96 bits per heavy atom. The predicted octanol–water partition coefficient (Wildman–Crippen LogP) is 2.51. The van der Waals surface area contributed by atoms with Crippen LogP contribution in [0.2, 0.25) is 0 Å². The third-order valence-electron chi connectivity index (χ3n) is 3.49. The highest BCUT2D eigenvalue weighted by molar-refractivity contribution is 5.79. The fourth-order valence-corrected chi connectivity index (χ4v) is 2.16. The van der Waals surface area contributed by atoms with Gasteiger partial charge in [-0.3, -0.25) is 0 Å². The number of ether oxygens (including phenoxy) is 1. The van der Waals surface area contributed by atoms with Gasteiger partial charge in [0.2, 0.25) is 0 Å². The molecule has 0 fully saturated rings. The zero-order valence-electron chi connectivity index (χ0n) is 15.5. The molecular weight excluding hydrogens is 302 g/mol. The van der Waals surface area contributed by atoms with E-state index in [4.69, 9.17) is 4.74 Å². The Kier molecular flexibility index (Phi) is 9.42. The average Bonchev–Trinajstić information content (AvgIpc) is 2.56. The molecule has 1 atom stereocenters. The molecule has 1 aromatic rings. The van der Waals surface area contributed by atoms with Crippen molar-refractivity contribution >= 4 is 5.96 Å². The Morgan fingerprint density at radius 1 is 1.25 bits per heavy atom. The van der Waals surface area contributed by atoms with Gasteiger partial charge in [-0.15, -0.1) is 0 Å². The van der Waals surface area contributed by atoms with E-state index in [0.717, 1.165) is 44.2 Å². The summed E-state index contributed by atoms with van der Waals surface area (Å²) >= 11 is 0. The van der Waals surface area contributed by atoms with Crippen LogP contribution in [0.5, 0.6) is 0 Å². The molecule has 0 bridgehead atoms. The van der Waals surface area contributed by atoms with Crippen LogP contribution in [-0.4, -0.2) is 43.9 Å². The summed E-state index contributed by atoms with van der Waals surface area (Å²) in [6.07, 6.45) is 0.923. The van der Waals surface area contributed by atoms with E-state index < -0.39 is 5.60 Å². The van der Waals surface area contributed by atoms with Crippen LogP contribution >= 0.6 is 0 Å². The first-order chi connectivity index (χ1) is 11.5. The number of rotatable bonds is 10. The number of nitrogens with zero attached hydrogens (tertiary/aromatic N) is 1. The second-order valence-corrected chi connectivity index (χ2v) is 6.58. The van der Waals surface area contributed by atoms with Crippen LogP contribution in [0.15, 0.2) is 35.3 Å². The Balaban J connectivity index is 2.44. The molecule has 0 aliphatic carbocycles. The van der Waals surface area contributed by atoms with Crippen LogP contribution in [-0.2, 0) is 10.3 Å². The normalized spacial score (nSPS) is 14.5. The summed E-state index contributed by atoms with van der Waals surface area (Å²) in [5.74, 6) is 1.29. The van der Waals surface area contributed by atoms with Crippen LogP contribution in [0.25, 0.3) is 0 Å². The Morgan fingerprint density at radius 3 is 2.58 bits per heavy atom. The van der Waals surface area contributed by atoms with E-state index in [9.17, 15) is 5.11 Å². The minimum absolute atomic E-state index is 0.302. The molecule has 136 valence electrons. The van der Waals surface area contributed by atoms with Crippen molar-refractivity contribution in [1.82, 2.24) is 10.6 Å². The van der Waals surface area contributed by atoms with Crippen molar-refractivity contribution in [2.45, 2.75) is 39.7 Å². The van der Waals surface area contributed by atoms with Gasteiger partial charge in [0.05, 0.1) is 6.54 Å². The van der Waals surface area contributed by atoms with Crippen LogP contribution in [0, 0.1) is 5.92 Å². The lowest BCUT2D eigenvalue weighted by atomic mass is 9.96. The highest BCUT2D eigenvalue weighted by atomic mass is 16.5. The molecule has 0 saturated carbocycles. The van der Waals surface area contributed by atoms with Gasteiger partial charge in [0.25, 0.3) is 0 Å². The Bertz CT molecular complexity index is 473. The van der Waals surface area contributed by atoms with Crippen molar-refractivity contribution in [2.24, 2.45) is 10.9 Å².